The van der Waals surface area contributed by atoms with Crippen molar-refractivity contribution in [2.24, 2.45) is 0 Å². The molecule has 0 atom stereocenters. The summed E-state index contributed by atoms with van der Waals surface area (Å²) in [6.07, 6.45) is -9.71. The van der Waals surface area contributed by atoms with Crippen LogP contribution >= 0.6 is 0 Å². The first-order chi connectivity index (χ1) is 11.1. The highest BCUT2D eigenvalue weighted by Gasteiger charge is 2.36. The molecule has 0 aliphatic carbocycles. The van der Waals surface area contributed by atoms with Gasteiger partial charge in [0.1, 0.15) is 0 Å². The van der Waals surface area contributed by atoms with Gasteiger partial charge in [-0.25, -0.2) is 0 Å². The predicted molar refractivity (Wildman–Crippen MR) is 79.4 cm³/mol. The van der Waals surface area contributed by atoms with Crippen molar-refractivity contribution in [3.63, 3.8) is 0 Å². The summed E-state index contributed by atoms with van der Waals surface area (Å²) in [5.74, 6) is 0. The van der Waals surface area contributed by atoms with Crippen molar-refractivity contribution >= 4 is 10.8 Å². The molecule has 124 valence electrons. The molecule has 0 saturated carbocycles. The Kier molecular flexibility index (Phi) is 3.78. The van der Waals surface area contributed by atoms with Gasteiger partial charge in [-0.15, -0.1) is 0 Å². The third kappa shape index (κ3) is 3.22. The molecular formula is C18H10F6. The van der Waals surface area contributed by atoms with Gasteiger partial charge in [0.05, 0.1) is 11.1 Å². The first-order valence-corrected chi connectivity index (χ1v) is 6.93. The van der Waals surface area contributed by atoms with Crippen LogP contribution in [0.2, 0.25) is 0 Å². The van der Waals surface area contributed by atoms with Crippen LogP contribution in [0.4, 0.5) is 26.3 Å². The van der Waals surface area contributed by atoms with Gasteiger partial charge in [-0.3, -0.25) is 0 Å². The monoisotopic (exact) mass is 340 g/mol. The summed E-state index contributed by atoms with van der Waals surface area (Å²) in [4.78, 5) is 0. The molecule has 0 saturated heterocycles. The van der Waals surface area contributed by atoms with Gasteiger partial charge in [-0.05, 0) is 46.2 Å². The Hall–Kier alpha value is -2.50. The molecule has 24 heavy (non-hydrogen) atoms. The third-order valence-corrected chi connectivity index (χ3v) is 3.67. The van der Waals surface area contributed by atoms with Gasteiger partial charge >= 0.3 is 12.4 Å². The van der Waals surface area contributed by atoms with E-state index in [1.54, 1.807) is 30.3 Å². The summed E-state index contributed by atoms with van der Waals surface area (Å²) >= 11 is 0. The van der Waals surface area contributed by atoms with Crippen LogP contribution < -0.4 is 0 Å². The lowest BCUT2D eigenvalue weighted by molar-refractivity contribution is -0.143. The summed E-state index contributed by atoms with van der Waals surface area (Å²) in [5, 5.41) is 1.59. The van der Waals surface area contributed by atoms with Crippen molar-refractivity contribution in [3.8, 4) is 11.1 Å². The average molecular weight is 340 g/mol. The lowest BCUT2D eigenvalue weighted by Gasteiger charge is -2.14. The molecule has 0 radical (unpaired) electrons. The molecule has 3 aromatic rings. The molecule has 0 bridgehead atoms. The molecule has 6 heteroatoms. The summed E-state index contributed by atoms with van der Waals surface area (Å²) < 4.78 is 77.6. The first kappa shape index (κ1) is 16.4. The number of fused-ring (bicyclic) bond motifs is 1. The fourth-order valence-corrected chi connectivity index (χ4v) is 2.49. The highest BCUT2D eigenvalue weighted by Crippen LogP contribution is 2.39. The maximum absolute atomic E-state index is 12.9. The first-order valence-electron chi connectivity index (χ1n) is 6.93. The molecule has 0 heterocycles. The molecule has 3 rings (SSSR count). The Morgan fingerprint density at radius 3 is 1.58 bits per heavy atom. The zero-order valence-electron chi connectivity index (χ0n) is 12.0. The van der Waals surface area contributed by atoms with E-state index in [1.165, 1.54) is 6.07 Å². The number of benzene rings is 3. The highest BCUT2D eigenvalue weighted by atomic mass is 19.4. The van der Waals surface area contributed by atoms with Crippen LogP contribution in [-0.4, -0.2) is 0 Å². The standard InChI is InChI=1S/C18H10F6/c19-17(20,21)15-8-14(9-16(10-15)18(22,23)24)13-6-5-11-3-1-2-4-12(11)7-13/h1-10H. The van der Waals surface area contributed by atoms with Gasteiger partial charge < -0.3 is 0 Å². The minimum absolute atomic E-state index is 0.122. The maximum Gasteiger partial charge on any atom is 0.416 e. The largest absolute Gasteiger partial charge is 0.416 e. The van der Waals surface area contributed by atoms with E-state index in [-0.39, 0.29) is 11.6 Å². The van der Waals surface area contributed by atoms with Gasteiger partial charge in [0.15, 0.2) is 0 Å². The van der Waals surface area contributed by atoms with E-state index in [0.29, 0.717) is 5.56 Å². The Labute approximate surface area is 133 Å². The molecular weight excluding hydrogens is 330 g/mol. The zero-order chi connectivity index (χ0) is 17.5. The second-order valence-electron chi connectivity index (χ2n) is 5.36. The van der Waals surface area contributed by atoms with Crippen LogP contribution in [0.5, 0.6) is 0 Å². The maximum atomic E-state index is 12.9. The van der Waals surface area contributed by atoms with E-state index in [9.17, 15) is 26.3 Å². The molecule has 0 aromatic heterocycles. The second kappa shape index (κ2) is 5.54. The lowest BCUT2D eigenvalue weighted by Crippen LogP contribution is -2.11. The Morgan fingerprint density at radius 1 is 0.500 bits per heavy atom. The van der Waals surface area contributed by atoms with Crippen LogP contribution in [0, 0.1) is 0 Å². The SMILES string of the molecule is FC(F)(F)c1cc(-c2ccc3ccccc3c2)cc(C(F)(F)F)c1. The van der Waals surface area contributed by atoms with E-state index in [1.807, 2.05) is 6.07 Å². The van der Waals surface area contributed by atoms with Crippen molar-refractivity contribution in [1.29, 1.82) is 0 Å². The Balaban J connectivity index is 2.21. The van der Waals surface area contributed by atoms with Crippen LogP contribution in [-0.2, 0) is 12.4 Å². The lowest BCUT2D eigenvalue weighted by atomic mass is 9.97. The number of rotatable bonds is 1. The highest BCUT2D eigenvalue weighted by molar-refractivity contribution is 5.87. The van der Waals surface area contributed by atoms with E-state index in [2.05, 4.69) is 0 Å². The van der Waals surface area contributed by atoms with Crippen LogP contribution in [0.15, 0.2) is 60.7 Å². The van der Waals surface area contributed by atoms with Gasteiger partial charge in [-0.1, -0.05) is 36.4 Å². The predicted octanol–water partition coefficient (Wildman–Crippen LogP) is 6.54. The molecule has 0 fully saturated rings. The minimum atomic E-state index is -4.85. The van der Waals surface area contributed by atoms with E-state index >= 15 is 0 Å². The fraction of sp³-hybridized carbons (Fsp3) is 0.111. The third-order valence-electron chi connectivity index (χ3n) is 3.67. The second-order valence-corrected chi connectivity index (χ2v) is 5.36. The average Bonchev–Trinajstić information content (AvgIpc) is 2.52. The molecule has 0 N–H and O–H groups in total. The number of hydrogen-bond acceptors (Lipinski definition) is 0. The molecule has 3 aromatic carbocycles. The number of alkyl halides is 6. The summed E-state index contributed by atoms with van der Waals surface area (Å²) in [6, 6.07) is 13.5. The number of halogens is 6. The fourth-order valence-electron chi connectivity index (χ4n) is 2.49. The van der Waals surface area contributed by atoms with Gasteiger partial charge in [-0.2, -0.15) is 26.3 Å². The van der Waals surface area contributed by atoms with E-state index in [4.69, 9.17) is 0 Å². The molecule has 0 aliphatic heterocycles. The quantitative estimate of drug-likeness (QED) is 0.441. The Morgan fingerprint density at radius 2 is 1.04 bits per heavy atom. The van der Waals surface area contributed by atoms with Crippen molar-refractivity contribution in [2.45, 2.75) is 12.4 Å². The topological polar surface area (TPSA) is 0 Å². The van der Waals surface area contributed by atoms with Crippen molar-refractivity contribution in [3.05, 3.63) is 71.8 Å². The summed E-state index contributed by atoms with van der Waals surface area (Å²) in [6.45, 7) is 0. The van der Waals surface area contributed by atoms with Gasteiger partial charge in [0.2, 0.25) is 0 Å². The summed E-state index contributed by atoms with van der Waals surface area (Å²) in [5.41, 5.74) is -2.46. The smallest absolute Gasteiger partial charge is 0.166 e. The normalized spacial score (nSPS) is 12.6. The van der Waals surface area contributed by atoms with Crippen LogP contribution in [0.3, 0.4) is 0 Å². The van der Waals surface area contributed by atoms with Crippen molar-refractivity contribution in [1.82, 2.24) is 0 Å². The minimum Gasteiger partial charge on any atom is -0.166 e. The molecule has 0 spiro atoms. The molecule has 0 amide bonds. The number of hydrogen-bond donors (Lipinski definition) is 0. The van der Waals surface area contributed by atoms with Crippen LogP contribution in [0.25, 0.3) is 21.9 Å². The van der Waals surface area contributed by atoms with E-state index in [0.717, 1.165) is 22.9 Å². The molecule has 0 aliphatic rings. The van der Waals surface area contributed by atoms with Gasteiger partial charge in [0.25, 0.3) is 0 Å². The van der Waals surface area contributed by atoms with Crippen molar-refractivity contribution in [2.75, 3.05) is 0 Å². The van der Waals surface area contributed by atoms with Crippen LogP contribution in [0.1, 0.15) is 11.1 Å². The Bertz CT molecular complexity index is 858. The zero-order valence-corrected chi connectivity index (χ0v) is 12.0. The van der Waals surface area contributed by atoms with Crippen molar-refractivity contribution < 1.29 is 26.3 Å². The molecule has 0 unspecified atom stereocenters. The van der Waals surface area contributed by atoms with Gasteiger partial charge in [0, 0.05) is 0 Å². The van der Waals surface area contributed by atoms with E-state index < -0.39 is 23.5 Å². The molecule has 0 nitrogen and oxygen atoms in total. The summed E-state index contributed by atoms with van der Waals surface area (Å²) in [7, 11) is 0.